The Hall–Kier alpha value is -2.21. The summed E-state index contributed by atoms with van der Waals surface area (Å²) in [4.78, 5) is 13.5. The Kier molecular flexibility index (Phi) is 5.87. The lowest BCUT2D eigenvalue weighted by Crippen LogP contribution is -2.34. The highest BCUT2D eigenvalue weighted by atomic mass is 32.1. The number of thiophene rings is 1. The molecule has 1 unspecified atom stereocenters. The number of methoxy groups -OCH3 is 2. The molecule has 0 aliphatic heterocycles. The second-order valence-electron chi connectivity index (χ2n) is 5.44. The van der Waals surface area contributed by atoms with Crippen LogP contribution in [0.4, 0.5) is 10.5 Å². The number of nitrogens with one attached hydrogen (secondary N) is 2. The van der Waals surface area contributed by atoms with Crippen LogP contribution in [-0.2, 0) is 0 Å². The molecule has 0 saturated carbocycles. The van der Waals surface area contributed by atoms with Gasteiger partial charge in [-0.1, -0.05) is 19.9 Å². The molecule has 2 aromatic rings. The first-order chi connectivity index (χ1) is 11.0. The minimum atomic E-state index is -0.257. The zero-order chi connectivity index (χ0) is 16.8. The predicted molar refractivity (Wildman–Crippen MR) is 93.6 cm³/mol. The molecule has 0 spiro atoms. The number of rotatable bonds is 6. The molecule has 1 atom stereocenters. The molecule has 0 radical (unpaired) electrons. The smallest absolute Gasteiger partial charge is 0.319 e. The summed E-state index contributed by atoms with van der Waals surface area (Å²) in [6, 6.07) is 8.99. The second kappa shape index (κ2) is 7.87. The normalized spacial score (nSPS) is 11.9. The summed E-state index contributed by atoms with van der Waals surface area (Å²) in [5, 5.41) is 7.87. The van der Waals surface area contributed by atoms with Gasteiger partial charge in [-0.15, -0.1) is 11.3 Å². The molecule has 23 heavy (non-hydrogen) atoms. The fourth-order valence-corrected chi connectivity index (χ4v) is 3.17. The van der Waals surface area contributed by atoms with Crippen molar-refractivity contribution in [1.82, 2.24) is 5.32 Å². The maximum atomic E-state index is 12.3. The molecule has 0 aliphatic rings. The Balaban J connectivity index is 2.09. The number of ether oxygens (including phenoxy) is 2. The molecule has 0 saturated heterocycles. The molecule has 1 heterocycles. The Bertz CT molecular complexity index is 619. The predicted octanol–water partition coefficient (Wildman–Crippen LogP) is 4.28. The van der Waals surface area contributed by atoms with Crippen molar-refractivity contribution in [2.24, 2.45) is 5.92 Å². The summed E-state index contributed by atoms with van der Waals surface area (Å²) < 4.78 is 10.4. The molecule has 2 rings (SSSR count). The molecule has 6 heteroatoms. The van der Waals surface area contributed by atoms with Crippen LogP contribution in [0.1, 0.15) is 24.8 Å². The molecule has 0 fully saturated rings. The highest BCUT2D eigenvalue weighted by molar-refractivity contribution is 7.10. The Morgan fingerprint density at radius 2 is 1.78 bits per heavy atom. The molecule has 2 N–H and O–H groups in total. The quantitative estimate of drug-likeness (QED) is 0.829. The zero-order valence-corrected chi connectivity index (χ0v) is 14.6. The van der Waals surface area contributed by atoms with E-state index in [-0.39, 0.29) is 12.1 Å². The molecular weight excluding hydrogens is 312 g/mol. The van der Waals surface area contributed by atoms with E-state index in [9.17, 15) is 4.79 Å². The Morgan fingerprint density at radius 1 is 1.13 bits per heavy atom. The van der Waals surface area contributed by atoms with Gasteiger partial charge in [0.1, 0.15) is 11.5 Å². The van der Waals surface area contributed by atoms with E-state index in [2.05, 4.69) is 24.5 Å². The minimum absolute atomic E-state index is 0.0255. The van der Waals surface area contributed by atoms with Crippen molar-refractivity contribution in [2.75, 3.05) is 19.5 Å². The number of hydrogen-bond donors (Lipinski definition) is 2. The van der Waals surface area contributed by atoms with Crippen LogP contribution < -0.4 is 20.1 Å². The lowest BCUT2D eigenvalue weighted by molar-refractivity contribution is 0.245. The van der Waals surface area contributed by atoms with E-state index in [1.165, 1.54) is 0 Å². The summed E-state index contributed by atoms with van der Waals surface area (Å²) in [5.74, 6) is 1.54. The molecule has 0 aliphatic carbocycles. The van der Waals surface area contributed by atoms with Crippen LogP contribution in [0.15, 0.2) is 35.7 Å². The first-order valence-corrected chi connectivity index (χ1v) is 8.25. The molecule has 5 nitrogen and oxygen atoms in total. The van der Waals surface area contributed by atoms with E-state index in [1.54, 1.807) is 43.8 Å². The molecule has 1 aromatic heterocycles. The third-order valence-electron chi connectivity index (χ3n) is 3.41. The highest BCUT2D eigenvalue weighted by Gasteiger charge is 2.19. The lowest BCUT2D eigenvalue weighted by Gasteiger charge is -2.21. The van der Waals surface area contributed by atoms with Crippen molar-refractivity contribution in [3.8, 4) is 11.5 Å². The van der Waals surface area contributed by atoms with Gasteiger partial charge in [-0.2, -0.15) is 0 Å². The van der Waals surface area contributed by atoms with E-state index in [0.29, 0.717) is 23.1 Å². The van der Waals surface area contributed by atoms with Gasteiger partial charge in [0.2, 0.25) is 0 Å². The maximum Gasteiger partial charge on any atom is 0.319 e. The van der Waals surface area contributed by atoms with Crippen LogP contribution in [0, 0.1) is 5.92 Å². The molecular formula is C17H22N2O3S. The van der Waals surface area contributed by atoms with Crippen molar-refractivity contribution in [3.63, 3.8) is 0 Å². The van der Waals surface area contributed by atoms with Gasteiger partial charge >= 0.3 is 6.03 Å². The monoisotopic (exact) mass is 334 g/mol. The number of carbonyl (C=O) groups excluding carboxylic acids is 1. The topological polar surface area (TPSA) is 59.6 Å². The largest absolute Gasteiger partial charge is 0.497 e. The van der Waals surface area contributed by atoms with Crippen LogP contribution in [-0.4, -0.2) is 20.3 Å². The van der Waals surface area contributed by atoms with Gasteiger partial charge in [-0.05, 0) is 17.4 Å². The van der Waals surface area contributed by atoms with Crippen molar-refractivity contribution in [1.29, 1.82) is 0 Å². The van der Waals surface area contributed by atoms with E-state index in [0.717, 1.165) is 4.88 Å². The summed E-state index contributed by atoms with van der Waals surface area (Å²) in [7, 11) is 3.15. The third kappa shape index (κ3) is 4.63. The standard InChI is InChI=1S/C17H22N2O3S/c1-11(2)16(15-6-5-7-23-15)19-17(20)18-12-8-13(21-3)10-14(9-12)22-4/h5-11,16H,1-4H3,(H2,18,19,20). The Morgan fingerprint density at radius 3 is 2.26 bits per heavy atom. The summed E-state index contributed by atoms with van der Waals surface area (Å²) in [5.41, 5.74) is 0.618. The van der Waals surface area contributed by atoms with Crippen molar-refractivity contribution in [3.05, 3.63) is 40.6 Å². The number of hydrogen-bond acceptors (Lipinski definition) is 4. The molecule has 0 bridgehead atoms. The van der Waals surface area contributed by atoms with Crippen LogP contribution in [0.25, 0.3) is 0 Å². The lowest BCUT2D eigenvalue weighted by atomic mass is 10.0. The summed E-state index contributed by atoms with van der Waals surface area (Å²) in [6.07, 6.45) is 0. The summed E-state index contributed by atoms with van der Waals surface area (Å²) >= 11 is 1.64. The zero-order valence-electron chi connectivity index (χ0n) is 13.8. The molecule has 2 amide bonds. The first kappa shape index (κ1) is 17.1. The molecule has 124 valence electrons. The number of urea groups is 1. The second-order valence-corrected chi connectivity index (χ2v) is 6.42. The van der Waals surface area contributed by atoms with E-state index < -0.39 is 0 Å². The van der Waals surface area contributed by atoms with Crippen molar-refractivity contribution in [2.45, 2.75) is 19.9 Å². The fraction of sp³-hybridized carbons (Fsp3) is 0.353. The van der Waals surface area contributed by atoms with Crippen LogP contribution >= 0.6 is 11.3 Å². The Labute approximate surface area is 140 Å². The van der Waals surface area contributed by atoms with Gasteiger partial charge in [0.15, 0.2) is 0 Å². The van der Waals surface area contributed by atoms with Gasteiger partial charge in [-0.25, -0.2) is 4.79 Å². The minimum Gasteiger partial charge on any atom is -0.497 e. The van der Waals surface area contributed by atoms with E-state index in [1.807, 2.05) is 17.5 Å². The van der Waals surface area contributed by atoms with Crippen LogP contribution in [0.3, 0.4) is 0 Å². The maximum absolute atomic E-state index is 12.3. The number of benzene rings is 1. The van der Waals surface area contributed by atoms with Gasteiger partial charge in [0.25, 0.3) is 0 Å². The molecule has 1 aromatic carbocycles. The van der Waals surface area contributed by atoms with Gasteiger partial charge in [0, 0.05) is 28.8 Å². The van der Waals surface area contributed by atoms with Gasteiger partial charge in [-0.3, -0.25) is 0 Å². The van der Waals surface area contributed by atoms with Crippen LogP contribution in [0.5, 0.6) is 11.5 Å². The van der Waals surface area contributed by atoms with Gasteiger partial charge < -0.3 is 20.1 Å². The first-order valence-electron chi connectivity index (χ1n) is 7.37. The van der Waals surface area contributed by atoms with Gasteiger partial charge in [0.05, 0.1) is 20.3 Å². The SMILES string of the molecule is COc1cc(NC(=O)NC(c2cccs2)C(C)C)cc(OC)c1. The van der Waals surface area contributed by atoms with E-state index in [4.69, 9.17) is 9.47 Å². The summed E-state index contributed by atoms with van der Waals surface area (Å²) in [6.45, 7) is 4.17. The number of amides is 2. The average Bonchev–Trinajstić information content (AvgIpc) is 3.05. The number of carbonyl (C=O) groups is 1. The van der Waals surface area contributed by atoms with Crippen molar-refractivity contribution < 1.29 is 14.3 Å². The van der Waals surface area contributed by atoms with E-state index >= 15 is 0 Å². The third-order valence-corrected chi connectivity index (χ3v) is 4.37. The average molecular weight is 334 g/mol. The highest BCUT2D eigenvalue weighted by Crippen LogP contribution is 2.27. The number of anilines is 1. The van der Waals surface area contributed by atoms with Crippen LogP contribution in [0.2, 0.25) is 0 Å². The fourth-order valence-electron chi connectivity index (χ4n) is 2.22. The van der Waals surface area contributed by atoms with Crippen molar-refractivity contribution >= 4 is 23.1 Å².